The third-order valence-electron chi connectivity index (χ3n) is 3.76. The van der Waals surface area contributed by atoms with Crippen LogP contribution in [0.3, 0.4) is 0 Å². The van der Waals surface area contributed by atoms with Crippen molar-refractivity contribution in [1.29, 1.82) is 0 Å². The van der Waals surface area contributed by atoms with E-state index in [4.69, 9.17) is 4.74 Å². The van der Waals surface area contributed by atoms with Crippen molar-refractivity contribution < 1.29 is 27.8 Å². The zero-order chi connectivity index (χ0) is 17.6. The summed E-state index contributed by atoms with van der Waals surface area (Å²) in [5.74, 6) is 0.0607. The maximum absolute atomic E-state index is 12.4. The van der Waals surface area contributed by atoms with E-state index in [1.807, 2.05) is 0 Å². The fourth-order valence-corrected chi connectivity index (χ4v) is 2.41. The van der Waals surface area contributed by atoms with Gasteiger partial charge in [0, 0.05) is 6.54 Å². The fraction of sp³-hybridized carbons (Fsp3) is 0.562. The molecule has 0 spiro atoms. The van der Waals surface area contributed by atoms with Crippen LogP contribution in [0.1, 0.15) is 24.8 Å². The summed E-state index contributed by atoms with van der Waals surface area (Å²) in [6.45, 7) is 0.707. The molecular weight excluding hydrogens is 325 g/mol. The van der Waals surface area contributed by atoms with Crippen LogP contribution in [-0.2, 0) is 11.0 Å². The molecule has 3 N–H and O–H groups in total. The summed E-state index contributed by atoms with van der Waals surface area (Å²) in [6, 6.07) is 3.98. The molecule has 1 aromatic carbocycles. The largest absolute Gasteiger partial charge is 0.491 e. The topological polar surface area (TPSA) is 70.6 Å². The van der Waals surface area contributed by atoms with Crippen LogP contribution in [0.5, 0.6) is 5.75 Å². The Morgan fingerprint density at radius 2 is 2.04 bits per heavy atom. The Morgan fingerprint density at radius 3 is 2.62 bits per heavy atom. The van der Waals surface area contributed by atoms with Gasteiger partial charge in [-0.05, 0) is 43.7 Å². The number of carbonyl (C=O) groups is 1. The minimum Gasteiger partial charge on any atom is -0.491 e. The Morgan fingerprint density at radius 1 is 1.33 bits per heavy atom. The molecule has 1 aliphatic heterocycles. The summed E-state index contributed by atoms with van der Waals surface area (Å²) in [6.07, 6.45) is -2.53. The molecule has 2 unspecified atom stereocenters. The van der Waals surface area contributed by atoms with Crippen LogP contribution >= 0.6 is 0 Å². The predicted molar refractivity (Wildman–Crippen MR) is 81.6 cm³/mol. The monoisotopic (exact) mass is 346 g/mol. The lowest BCUT2D eigenvalue weighted by atomic mass is 10.0. The van der Waals surface area contributed by atoms with Gasteiger partial charge in [0.15, 0.2) is 0 Å². The van der Waals surface area contributed by atoms with Crippen molar-refractivity contribution in [2.75, 3.05) is 19.7 Å². The van der Waals surface area contributed by atoms with Gasteiger partial charge < -0.3 is 20.5 Å². The number of carbonyl (C=O) groups excluding carboxylic acids is 1. The summed E-state index contributed by atoms with van der Waals surface area (Å²) in [4.78, 5) is 11.9. The lowest BCUT2D eigenvalue weighted by Gasteiger charge is -2.23. The highest BCUT2D eigenvalue weighted by atomic mass is 19.4. The standard InChI is InChI=1S/C16H21F3N2O3/c17-16(18,19)11-4-6-13(7-5-11)24-10-12(22)9-21-15(23)14-3-1-2-8-20-14/h4-7,12,14,20,22H,1-3,8-10H2,(H,21,23). The first-order valence-electron chi connectivity index (χ1n) is 7.85. The summed E-state index contributed by atoms with van der Waals surface area (Å²) in [5.41, 5.74) is -0.761. The molecular formula is C16H21F3N2O3. The van der Waals surface area contributed by atoms with Gasteiger partial charge in [-0.25, -0.2) is 0 Å². The molecule has 1 saturated heterocycles. The highest BCUT2D eigenvalue weighted by Gasteiger charge is 2.30. The van der Waals surface area contributed by atoms with E-state index in [0.29, 0.717) is 0 Å². The maximum Gasteiger partial charge on any atom is 0.416 e. The van der Waals surface area contributed by atoms with E-state index >= 15 is 0 Å². The van der Waals surface area contributed by atoms with Crippen molar-refractivity contribution in [3.05, 3.63) is 29.8 Å². The molecule has 0 radical (unpaired) electrons. The molecule has 1 heterocycles. The normalized spacial score (nSPS) is 19.6. The number of aliphatic hydroxyl groups excluding tert-OH is 1. The molecule has 134 valence electrons. The van der Waals surface area contributed by atoms with Crippen LogP contribution < -0.4 is 15.4 Å². The molecule has 0 aliphatic carbocycles. The second kappa shape index (κ2) is 8.34. The number of ether oxygens (including phenoxy) is 1. The average Bonchev–Trinajstić information content (AvgIpc) is 2.58. The molecule has 1 amide bonds. The first kappa shape index (κ1) is 18.5. The lowest BCUT2D eigenvalue weighted by molar-refractivity contribution is -0.137. The van der Waals surface area contributed by atoms with Gasteiger partial charge in [0.2, 0.25) is 5.91 Å². The minimum absolute atomic E-state index is 0.0254. The molecule has 2 atom stereocenters. The van der Waals surface area contributed by atoms with Crippen LogP contribution in [0, 0.1) is 0 Å². The number of halogens is 3. The molecule has 24 heavy (non-hydrogen) atoms. The SMILES string of the molecule is O=C(NCC(O)COc1ccc(C(F)(F)F)cc1)C1CCCCN1. The van der Waals surface area contributed by atoms with Gasteiger partial charge in [-0.1, -0.05) is 6.42 Å². The van der Waals surface area contributed by atoms with E-state index in [1.165, 1.54) is 12.1 Å². The summed E-state index contributed by atoms with van der Waals surface area (Å²) in [5, 5.41) is 15.5. The quantitative estimate of drug-likeness (QED) is 0.733. The number of piperidine rings is 1. The van der Waals surface area contributed by atoms with Gasteiger partial charge in [-0.3, -0.25) is 4.79 Å². The van der Waals surface area contributed by atoms with Crippen molar-refractivity contribution in [1.82, 2.24) is 10.6 Å². The van der Waals surface area contributed by atoms with E-state index < -0.39 is 17.8 Å². The van der Waals surface area contributed by atoms with Crippen LogP contribution in [-0.4, -0.2) is 42.9 Å². The number of nitrogens with one attached hydrogen (secondary N) is 2. The zero-order valence-corrected chi connectivity index (χ0v) is 13.1. The maximum atomic E-state index is 12.4. The van der Waals surface area contributed by atoms with Gasteiger partial charge in [0.1, 0.15) is 18.5 Å². The highest BCUT2D eigenvalue weighted by molar-refractivity contribution is 5.81. The smallest absolute Gasteiger partial charge is 0.416 e. The van der Waals surface area contributed by atoms with Crippen LogP contribution in [0.4, 0.5) is 13.2 Å². The third-order valence-corrected chi connectivity index (χ3v) is 3.76. The van der Waals surface area contributed by atoms with Crippen molar-refractivity contribution in [3.63, 3.8) is 0 Å². The minimum atomic E-state index is -4.39. The molecule has 0 bridgehead atoms. The van der Waals surface area contributed by atoms with Gasteiger partial charge in [0.25, 0.3) is 0 Å². The van der Waals surface area contributed by atoms with Crippen molar-refractivity contribution >= 4 is 5.91 Å². The van der Waals surface area contributed by atoms with Crippen LogP contribution in [0.25, 0.3) is 0 Å². The van der Waals surface area contributed by atoms with Gasteiger partial charge in [-0.2, -0.15) is 13.2 Å². The van der Waals surface area contributed by atoms with E-state index in [-0.39, 0.29) is 30.9 Å². The molecule has 1 fully saturated rings. The summed E-state index contributed by atoms with van der Waals surface area (Å²) in [7, 11) is 0. The van der Waals surface area contributed by atoms with E-state index in [2.05, 4.69) is 10.6 Å². The predicted octanol–water partition coefficient (Wildman–Crippen LogP) is 1.70. The Bertz CT molecular complexity index is 528. The third kappa shape index (κ3) is 5.68. The van der Waals surface area contributed by atoms with Crippen LogP contribution in [0.15, 0.2) is 24.3 Å². The van der Waals surface area contributed by atoms with Crippen molar-refractivity contribution in [2.45, 2.75) is 37.6 Å². The van der Waals surface area contributed by atoms with E-state index in [0.717, 1.165) is 37.9 Å². The van der Waals surface area contributed by atoms with Crippen molar-refractivity contribution in [3.8, 4) is 5.75 Å². The number of benzene rings is 1. The van der Waals surface area contributed by atoms with Gasteiger partial charge in [-0.15, -0.1) is 0 Å². The zero-order valence-electron chi connectivity index (χ0n) is 13.1. The van der Waals surface area contributed by atoms with Crippen molar-refractivity contribution in [2.24, 2.45) is 0 Å². The molecule has 1 aromatic rings. The molecule has 0 saturated carbocycles. The van der Waals surface area contributed by atoms with E-state index in [9.17, 15) is 23.1 Å². The Labute approximate surface area is 138 Å². The van der Waals surface area contributed by atoms with Crippen LogP contribution in [0.2, 0.25) is 0 Å². The Hall–Kier alpha value is -1.80. The first-order valence-corrected chi connectivity index (χ1v) is 7.85. The fourth-order valence-electron chi connectivity index (χ4n) is 2.41. The summed E-state index contributed by atoms with van der Waals surface area (Å²) < 4.78 is 42.5. The number of amides is 1. The molecule has 0 aromatic heterocycles. The van der Waals surface area contributed by atoms with Gasteiger partial charge in [0.05, 0.1) is 11.6 Å². The molecule has 1 aliphatic rings. The summed E-state index contributed by atoms with van der Waals surface area (Å²) >= 11 is 0. The Balaban J connectivity index is 1.70. The second-order valence-corrected chi connectivity index (χ2v) is 5.73. The second-order valence-electron chi connectivity index (χ2n) is 5.73. The average molecular weight is 346 g/mol. The number of rotatable bonds is 6. The Kier molecular flexibility index (Phi) is 6.44. The first-order chi connectivity index (χ1) is 11.4. The number of aliphatic hydroxyl groups is 1. The van der Waals surface area contributed by atoms with E-state index in [1.54, 1.807) is 0 Å². The number of hydrogen-bond acceptors (Lipinski definition) is 4. The number of hydrogen-bond donors (Lipinski definition) is 3. The highest BCUT2D eigenvalue weighted by Crippen LogP contribution is 2.30. The molecule has 5 nitrogen and oxygen atoms in total. The molecule has 8 heteroatoms. The van der Waals surface area contributed by atoms with Gasteiger partial charge >= 0.3 is 6.18 Å². The molecule has 2 rings (SSSR count). The number of alkyl halides is 3. The lowest BCUT2D eigenvalue weighted by Crippen LogP contribution is -2.48.